The second kappa shape index (κ2) is 4.56. The van der Waals surface area contributed by atoms with Crippen LogP contribution in [0.3, 0.4) is 0 Å². The largest absolute Gasteiger partial charge is 0.316 e. The lowest BCUT2D eigenvalue weighted by Gasteiger charge is -2.13. The highest BCUT2D eigenvalue weighted by Gasteiger charge is 2.36. The van der Waals surface area contributed by atoms with Gasteiger partial charge in [0, 0.05) is 12.6 Å². The van der Waals surface area contributed by atoms with E-state index in [4.69, 9.17) is 0 Å². The molecule has 0 spiro atoms. The summed E-state index contributed by atoms with van der Waals surface area (Å²) in [7, 11) is 0. The molecule has 1 aliphatic carbocycles. The van der Waals surface area contributed by atoms with Crippen LogP contribution >= 0.6 is 0 Å². The Hall–Kier alpha value is -0.860. The molecule has 0 bridgehead atoms. The fourth-order valence-electron chi connectivity index (χ4n) is 3.19. The minimum Gasteiger partial charge on any atom is -0.316 e. The lowest BCUT2D eigenvalue weighted by molar-refractivity contribution is 0.485. The monoisotopic (exact) mass is 216 g/mol. The van der Waals surface area contributed by atoms with E-state index in [1.807, 2.05) is 0 Å². The molecule has 2 heteroatoms. The van der Waals surface area contributed by atoms with E-state index in [-0.39, 0.29) is 0 Å². The van der Waals surface area contributed by atoms with Gasteiger partial charge >= 0.3 is 0 Å². The standard InChI is InChI=1S/C14H20N2/c1-2-4-11(5-3-1)8-16-14-6-12-9-15-10-13(12)7-14/h1-5,12-16H,6-10H2. The van der Waals surface area contributed by atoms with E-state index in [0.717, 1.165) is 24.4 Å². The van der Waals surface area contributed by atoms with Crippen molar-refractivity contribution >= 4 is 0 Å². The molecule has 2 N–H and O–H groups in total. The molecule has 1 aromatic carbocycles. The molecule has 1 aromatic rings. The van der Waals surface area contributed by atoms with Crippen molar-refractivity contribution < 1.29 is 0 Å². The summed E-state index contributed by atoms with van der Waals surface area (Å²) in [6.07, 6.45) is 2.73. The van der Waals surface area contributed by atoms with Gasteiger partial charge in [0.1, 0.15) is 0 Å². The quantitative estimate of drug-likeness (QED) is 0.804. The zero-order valence-corrected chi connectivity index (χ0v) is 9.65. The molecule has 0 aromatic heterocycles. The predicted octanol–water partition coefficient (Wildman–Crippen LogP) is 1.77. The molecule has 0 radical (unpaired) electrons. The Kier molecular flexibility index (Phi) is 2.94. The molecule has 0 amide bonds. The van der Waals surface area contributed by atoms with Crippen LogP contribution in [0.15, 0.2) is 30.3 Å². The van der Waals surface area contributed by atoms with Crippen molar-refractivity contribution in [1.29, 1.82) is 0 Å². The highest BCUT2D eigenvalue weighted by atomic mass is 15.0. The highest BCUT2D eigenvalue weighted by molar-refractivity contribution is 5.14. The third-order valence-electron chi connectivity index (χ3n) is 4.09. The zero-order chi connectivity index (χ0) is 10.8. The number of hydrogen-bond donors (Lipinski definition) is 2. The van der Waals surface area contributed by atoms with E-state index in [9.17, 15) is 0 Å². The van der Waals surface area contributed by atoms with Gasteiger partial charge in [-0.05, 0) is 43.3 Å². The van der Waals surface area contributed by atoms with E-state index in [2.05, 4.69) is 41.0 Å². The highest BCUT2D eigenvalue weighted by Crippen LogP contribution is 2.34. The van der Waals surface area contributed by atoms with Crippen molar-refractivity contribution in [3.8, 4) is 0 Å². The Morgan fingerprint density at radius 1 is 1.06 bits per heavy atom. The molecule has 86 valence electrons. The number of fused-ring (bicyclic) bond motifs is 1. The maximum absolute atomic E-state index is 3.70. The van der Waals surface area contributed by atoms with Gasteiger partial charge in [0.25, 0.3) is 0 Å². The summed E-state index contributed by atoms with van der Waals surface area (Å²) in [6.45, 7) is 3.51. The van der Waals surface area contributed by atoms with Crippen molar-refractivity contribution in [3.63, 3.8) is 0 Å². The fraction of sp³-hybridized carbons (Fsp3) is 0.571. The first-order valence-corrected chi connectivity index (χ1v) is 6.40. The van der Waals surface area contributed by atoms with E-state index >= 15 is 0 Å². The number of nitrogens with one attached hydrogen (secondary N) is 2. The molecule has 1 saturated carbocycles. The van der Waals surface area contributed by atoms with Crippen LogP contribution in [0.5, 0.6) is 0 Å². The summed E-state index contributed by atoms with van der Waals surface area (Å²) in [5, 5.41) is 7.19. The van der Waals surface area contributed by atoms with E-state index < -0.39 is 0 Å². The normalized spacial score (nSPS) is 32.9. The first-order valence-electron chi connectivity index (χ1n) is 6.40. The zero-order valence-electron chi connectivity index (χ0n) is 9.65. The molecule has 2 aliphatic rings. The first-order chi connectivity index (χ1) is 7.92. The van der Waals surface area contributed by atoms with Gasteiger partial charge in [-0.15, -0.1) is 0 Å². The van der Waals surface area contributed by atoms with Crippen molar-refractivity contribution in [3.05, 3.63) is 35.9 Å². The van der Waals surface area contributed by atoms with Crippen LogP contribution in [0.25, 0.3) is 0 Å². The Labute approximate surface area is 97.4 Å². The lowest BCUT2D eigenvalue weighted by atomic mass is 10.0. The number of benzene rings is 1. The van der Waals surface area contributed by atoms with Gasteiger partial charge in [-0.25, -0.2) is 0 Å². The van der Waals surface area contributed by atoms with Crippen LogP contribution in [0, 0.1) is 11.8 Å². The fourth-order valence-corrected chi connectivity index (χ4v) is 3.19. The van der Waals surface area contributed by atoms with Gasteiger partial charge in [0.15, 0.2) is 0 Å². The molecular formula is C14H20N2. The molecule has 2 nitrogen and oxygen atoms in total. The van der Waals surface area contributed by atoms with Gasteiger partial charge in [-0.3, -0.25) is 0 Å². The second-order valence-electron chi connectivity index (χ2n) is 5.21. The third-order valence-corrected chi connectivity index (χ3v) is 4.09. The van der Waals surface area contributed by atoms with Crippen molar-refractivity contribution in [1.82, 2.24) is 10.6 Å². The Morgan fingerprint density at radius 2 is 1.75 bits per heavy atom. The Bertz CT molecular complexity index is 324. The van der Waals surface area contributed by atoms with Crippen molar-refractivity contribution in [2.45, 2.75) is 25.4 Å². The van der Waals surface area contributed by atoms with Crippen LogP contribution in [-0.4, -0.2) is 19.1 Å². The van der Waals surface area contributed by atoms with Gasteiger partial charge in [-0.2, -0.15) is 0 Å². The van der Waals surface area contributed by atoms with E-state index in [1.54, 1.807) is 0 Å². The van der Waals surface area contributed by atoms with Crippen LogP contribution in [0.4, 0.5) is 0 Å². The number of hydrogen-bond acceptors (Lipinski definition) is 2. The van der Waals surface area contributed by atoms with E-state index in [1.165, 1.54) is 31.5 Å². The molecule has 2 unspecified atom stereocenters. The van der Waals surface area contributed by atoms with Gasteiger partial charge < -0.3 is 10.6 Å². The minimum absolute atomic E-state index is 0.748. The Morgan fingerprint density at radius 3 is 2.44 bits per heavy atom. The van der Waals surface area contributed by atoms with E-state index in [0.29, 0.717) is 0 Å². The summed E-state index contributed by atoms with van der Waals surface area (Å²) >= 11 is 0. The SMILES string of the molecule is c1ccc(CNC2CC3CNCC3C2)cc1. The molecular weight excluding hydrogens is 196 g/mol. The molecule has 1 saturated heterocycles. The molecule has 3 rings (SSSR count). The molecule has 2 fully saturated rings. The topological polar surface area (TPSA) is 24.1 Å². The summed E-state index contributed by atoms with van der Waals surface area (Å²) in [5.74, 6) is 1.88. The predicted molar refractivity (Wildman–Crippen MR) is 66.2 cm³/mol. The second-order valence-corrected chi connectivity index (χ2v) is 5.21. The van der Waals surface area contributed by atoms with Crippen molar-refractivity contribution in [2.24, 2.45) is 11.8 Å². The summed E-state index contributed by atoms with van der Waals surface area (Å²) in [4.78, 5) is 0. The van der Waals surface area contributed by atoms with Gasteiger partial charge in [0.2, 0.25) is 0 Å². The van der Waals surface area contributed by atoms with Gasteiger partial charge in [-0.1, -0.05) is 30.3 Å². The smallest absolute Gasteiger partial charge is 0.0208 e. The van der Waals surface area contributed by atoms with Crippen LogP contribution in [0.2, 0.25) is 0 Å². The average Bonchev–Trinajstić information content (AvgIpc) is 2.88. The Balaban J connectivity index is 1.50. The van der Waals surface area contributed by atoms with Gasteiger partial charge in [0.05, 0.1) is 0 Å². The first kappa shape index (κ1) is 10.3. The summed E-state index contributed by atoms with van der Waals surface area (Å²) in [5.41, 5.74) is 1.40. The maximum Gasteiger partial charge on any atom is 0.0208 e. The third kappa shape index (κ3) is 2.13. The summed E-state index contributed by atoms with van der Waals surface area (Å²) < 4.78 is 0. The van der Waals surface area contributed by atoms with Crippen LogP contribution < -0.4 is 10.6 Å². The lowest BCUT2D eigenvalue weighted by Crippen LogP contribution is -2.28. The number of rotatable bonds is 3. The molecule has 16 heavy (non-hydrogen) atoms. The van der Waals surface area contributed by atoms with Crippen LogP contribution in [-0.2, 0) is 6.54 Å². The molecule has 1 aliphatic heterocycles. The molecule has 1 heterocycles. The average molecular weight is 216 g/mol. The minimum atomic E-state index is 0.748. The van der Waals surface area contributed by atoms with Crippen molar-refractivity contribution in [2.75, 3.05) is 13.1 Å². The summed E-state index contributed by atoms with van der Waals surface area (Å²) in [6, 6.07) is 11.5. The van der Waals surface area contributed by atoms with Crippen LogP contribution in [0.1, 0.15) is 18.4 Å². The maximum atomic E-state index is 3.70. The molecule has 2 atom stereocenters.